The Morgan fingerprint density at radius 2 is 2.06 bits per heavy atom. The lowest BCUT2D eigenvalue weighted by molar-refractivity contribution is -0.123. The molecular formula is C13H26N2O2. The summed E-state index contributed by atoms with van der Waals surface area (Å²) >= 11 is 0. The van der Waals surface area contributed by atoms with E-state index in [4.69, 9.17) is 5.73 Å². The van der Waals surface area contributed by atoms with Gasteiger partial charge < -0.3 is 16.2 Å². The minimum atomic E-state index is -0.403. The van der Waals surface area contributed by atoms with Crippen molar-refractivity contribution in [3.05, 3.63) is 0 Å². The molecule has 0 heterocycles. The topological polar surface area (TPSA) is 75.4 Å². The molecule has 4 heteroatoms. The Hall–Kier alpha value is -0.610. The van der Waals surface area contributed by atoms with Crippen LogP contribution < -0.4 is 11.1 Å². The van der Waals surface area contributed by atoms with Crippen molar-refractivity contribution in [2.75, 3.05) is 13.2 Å². The number of hydrogen-bond donors (Lipinski definition) is 3. The van der Waals surface area contributed by atoms with Crippen LogP contribution in [0.15, 0.2) is 0 Å². The molecule has 1 saturated carbocycles. The number of aliphatic hydroxyl groups excluding tert-OH is 1. The van der Waals surface area contributed by atoms with Crippen LogP contribution in [0.2, 0.25) is 0 Å². The van der Waals surface area contributed by atoms with Crippen LogP contribution in [0.1, 0.15) is 51.9 Å². The lowest BCUT2D eigenvalue weighted by atomic mass is 9.74. The van der Waals surface area contributed by atoms with Gasteiger partial charge in [-0.1, -0.05) is 32.6 Å². The first-order valence-electron chi connectivity index (χ1n) is 6.78. The SMILES string of the molecule is CCC[C@H](N)C(=O)NCC1(CO)CCCCC1. The molecule has 0 unspecified atom stereocenters. The van der Waals surface area contributed by atoms with Gasteiger partial charge in [0.05, 0.1) is 12.6 Å². The fraction of sp³-hybridized carbons (Fsp3) is 0.923. The van der Waals surface area contributed by atoms with E-state index in [1.54, 1.807) is 0 Å². The van der Waals surface area contributed by atoms with Crippen LogP contribution in [0.3, 0.4) is 0 Å². The molecule has 1 amide bonds. The predicted octanol–water partition coefficient (Wildman–Crippen LogP) is 1.17. The van der Waals surface area contributed by atoms with E-state index >= 15 is 0 Å². The molecule has 1 fully saturated rings. The molecule has 0 aromatic rings. The minimum Gasteiger partial charge on any atom is -0.396 e. The third-order valence-corrected chi connectivity index (χ3v) is 3.82. The van der Waals surface area contributed by atoms with Gasteiger partial charge in [0.25, 0.3) is 0 Å². The summed E-state index contributed by atoms with van der Waals surface area (Å²) in [5.74, 6) is -0.0785. The molecule has 1 rings (SSSR count). The average molecular weight is 242 g/mol. The molecule has 1 aliphatic carbocycles. The first kappa shape index (κ1) is 14.5. The fourth-order valence-corrected chi connectivity index (χ4v) is 2.54. The molecule has 100 valence electrons. The molecule has 0 bridgehead atoms. The number of nitrogens with one attached hydrogen (secondary N) is 1. The number of aliphatic hydroxyl groups is 1. The Bertz CT molecular complexity index is 238. The Labute approximate surface area is 104 Å². The Morgan fingerprint density at radius 1 is 1.41 bits per heavy atom. The van der Waals surface area contributed by atoms with Crippen LogP contribution in [0, 0.1) is 5.41 Å². The number of rotatable bonds is 6. The summed E-state index contributed by atoms with van der Waals surface area (Å²) in [5, 5.41) is 12.4. The summed E-state index contributed by atoms with van der Waals surface area (Å²) in [6.07, 6.45) is 7.19. The Balaban J connectivity index is 2.39. The molecule has 0 saturated heterocycles. The van der Waals surface area contributed by atoms with Gasteiger partial charge >= 0.3 is 0 Å². The minimum absolute atomic E-state index is 0.0785. The second-order valence-corrected chi connectivity index (χ2v) is 5.33. The highest BCUT2D eigenvalue weighted by molar-refractivity contribution is 5.81. The van der Waals surface area contributed by atoms with E-state index in [2.05, 4.69) is 5.32 Å². The van der Waals surface area contributed by atoms with Crippen LogP contribution in [-0.4, -0.2) is 30.2 Å². The van der Waals surface area contributed by atoms with Crippen molar-refractivity contribution in [2.45, 2.75) is 57.9 Å². The lowest BCUT2D eigenvalue weighted by Gasteiger charge is -2.35. The molecule has 0 aromatic carbocycles. The standard InChI is InChI=1S/C13H26N2O2/c1-2-6-11(14)12(17)15-9-13(10-16)7-4-3-5-8-13/h11,16H,2-10,14H2,1H3,(H,15,17)/t11-/m0/s1. The normalized spacial score (nSPS) is 20.9. The molecule has 4 N–H and O–H groups in total. The molecule has 1 atom stereocenters. The van der Waals surface area contributed by atoms with Crippen LogP contribution in [0.5, 0.6) is 0 Å². The van der Waals surface area contributed by atoms with Gasteiger partial charge in [-0.2, -0.15) is 0 Å². The molecule has 1 aliphatic rings. The highest BCUT2D eigenvalue weighted by atomic mass is 16.3. The second-order valence-electron chi connectivity index (χ2n) is 5.33. The van der Waals surface area contributed by atoms with Crippen molar-refractivity contribution in [1.82, 2.24) is 5.32 Å². The Kier molecular flexibility index (Phi) is 5.92. The van der Waals surface area contributed by atoms with Gasteiger partial charge in [-0.3, -0.25) is 4.79 Å². The first-order valence-corrected chi connectivity index (χ1v) is 6.78. The van der Waals surface area contributed by atoms with E-state index in [0.717, 1.165) is 38.5 Å². The maximum Gasteiger partial charge on any atom is 0.236 e. The monoisotopic (exact) mass is 242 g/mol. The number of amides is 1. The van der Waals surface area contributed by atoms with Gasteiger partial charge in [0.15, 0.2) is 0 Å². The second kappa shape index (κ2) is 6.97. The maximum absolute atomic E-state index is 11.7. The van der Waals surface area contributed by atoms with E-state index in [0.29, 0.717) is 6.54 Å². The van der Waals surface area contributed by atoms with Crippen molar-refractivity contribution in [1.29, 1.82) is 0 Å². The van der Waals surface area contributed by atoms with Gasteiger partial charge in [-0.25, -0.2) is 0 Å². The van der Waals surface area contributed by atoms with Gasteiger partial charge in [-0.15, -0.1) is 0 Å². The maximum atomic E-state index is 11.7. The summed E-state index contributed by atoms with van der Waals surface area (Å²) < 4.78 is 0. The third-order valence-electron chi connectivity index (χ3n) is 3.82. The summed E-state index contributed by atoms with van der Waals surface area (Å²) in [6, 6.07) is -0.403. The largest absolute Gasteiger partial charge is 0.396 e. The van der Waals surface area contributed by atoms with Crippen LogP contribution in [0.25, 0.3) is 0 Å². The summed E-state index contributed by atoms with van der Waals surface area (Å²) in [4.78, 5) is 11.7. The summed E-state index contributed by atoms with van der Waals surface area (Å²) in [7, 11) is 0. The van der Waals surface area contributed by atoms with Gasteiger partial charge in [0, 0.05) is 12.0 Å². The smallest absolute Gasteiger partial charge is 0.236 e. The number of carbonyl (C=O) groups excluding carboxylic acids is 1. The summed E-state index contributed by atoms with van der Waals surface area (Å²) in [6.45, 7) is 2.75. The van der Waals surface area contributed by atoms with E-state index in [-0.39, 0.29) is 17.9 Å². The first-order chi connectivity index (χ1) is 8.13. The molecular weight excluding hydrogens is 216 g/mol. The van der Waals surface area contributed by atoms with Crippen LogP contribution >= 0.6 is 0 Å². The van der Waals surface area contributed by atoms with Crippen molar-refractivity contribution < 1.29 is 9.90 Å². The van der Waals surface area contributed by atoms with Crippen molar-refractivity contribution in [3.63, 3.8) is 0 Å². The van der Waals surface area contributed by atoms with Crippen molar-refractivity contribution in [3.8, 4) is 0 Å². The van der Waals surface area contributed by atoms with Crippen molar-refractivity contribution in [2.24, 2.45) is 11.1 Å². The summed E-state index contributed by atoms with van der Waals surface area (Å²) in [5.41, 5.74) is 5.66. The number of hydrogen-bond acceptors (Lipinski definition) is 3. The molecule has 17 heavy (non-hydrogen) atoms. The van der Waals surface area contributed by atoms with Gasteiger partial charge in [-0.05, 0) is 19.3 Å². The van der Waals surface area contributed by atoms with Crippen LogP contribution in [-0.2, 0) is 4.79 Å². The third kappa shape index (κ3) is 4.28. The number of nitrogens with two attached hydrogens (primary N) is 1. The zero-order valence-electron chi connectivity index (χ0n) is 10.9. The molecule has 4 nitrogen and oxygen atoms in total. The Morgan fingerprint density at radius 3 is 2.59 bits per heavy atom. The zero-order chi connectivity index (χ0) is 12.7. The molecule has 0 spiro atoms. The van der Waals surface area contributed by atoms with Gasteiger partial charge in [0.1, 0.15) is 0 Å². The fourth-order valence-electron chi connectivity index (χ4n) is 2.54. The van der Waals surface area contributed by atoms with E-state index < -0.39 is 6.04 Å². The highest BCUT2D eigenvalue weighted by Gasteiger charge is 2.32. The van der Waals surface area contributed by atoms with Gasteiger partial charge in [0.2, 0.25) is 5.91 Å². The highest BCUT2D eigenvalue weighted by Crippen LogP contribution is 2.35. The molecule has 0 aromatic heterocycles. The lowest BCUT2D eigenvalue weighted by Crippen LogP contribution is -2.47. The molecule has 0 radical (unpaired) electrons. The van der Waals surface area contributed by atoms with E-state index in [1.807, 2.05) is 6.92 Å². The zero-order valence-corrected chi connectivity index (χ0v) is 10.9. The van der Waals surface area contributed by atoms with E-state index in [9.17, 15) is 9.90 Å². The van der Waals surface area contributed by atoms with Crippen molar-refractivity contribution >= 4 is 5.91 Å². The van der Waals surface area contributed by atoms with E-state index in [1.165, 1.54) is 6.42 Å². The predicted molar refractivity (Wildman–Crippen MR) is 68.5 cm³/mol. The van der Waals surface area contributed by atoms with Crippen LogP contribution in [0.4, 0.5) is 0 Å². The number of carbonyl (C=O) groups is 1. The average Bonchev–Trinajstić information content (AvgIpc) is 2.37. The molecule has 0 aliphatic heterocycles. The quantitative estimate of drug-likeness (QED) is 0.654.